The number of amidine groups is 4. The summed E-state index contributed by atoms with van der Waals surface area (Å²) >= 11 is 0. The Morgan fingerprint density at radius 1 is 0.440 bits per heavy atom. The summed E-state index contributed by atoms with van der Waals surface area (Å²) < 4.78 is 71.2. The van der Waals surface area contributed by atoms with Crippen LogP contribution in [0.5, 0.6) is 29.4 Å². The minimum absolute atomic E-state index is 0. The summed E-state index contributed by atoms with van der Waals surface area (Å²) in [7, 11) is 0. The van der Waals surface area contributed by atoms with Crippen LogP contribution in [0, 0.1) is 44.3 Å². The van der Waals surface area contributed by atoms with Crippen molar-refractivity contribution in [3.8, 4) is 35.5 Å². The Labute approximate surface area is 796 Å². The molecule has 1 aliphatic heterocycles. The van der Waals surface area contributed by atoms with Gasteiger partial charge in [0, 0.05) is 36.9 Å². The van der Waals surface area contributed by atoms with Crippen molar-refractivity contribution in [3.05, 3.63) is 148 Å². The van der Waals surface area contributed by atoms with Crippen molar-refractivity contribution in [3.63, 3.8) is 0 Å². The van der Waals surface area contributed by atoms with E-state index in [9.17, 15) is 38.0 Å². The van der Waals surface area contributed by atoms with Crippen LogP contribution in [0.1, 0.15) is 159 Å². The van der Waals surface area contributed by atoms with Gasteiger partial charge in [-0.25, -0.2) is 29.9 Å². The largest absolute Gasteiger partial charge is 1.00 e. The number of alkyl carbamates (subject to hydrolysis) is 3. The van der Waals surface area contributed by atoms with Crippen LogP contribution < -0.4 is 104 Å². The first-order valence-corrected chi connectivity index (χ1v) is 38.1. The fraction of sp³-hybridized carbons (Fsp3) is 0.442. The third-order valence-corrected chi connectivity index (χ3v) is 12.3. The predicted molar refractivity (Wildman–Crippen MR) is 464 cm³/mol. The van der Waals surface area contributed by atoms with E-state index in [0.717, 1.165) is 6.07 Å². The number of nitrogens with zero attached hydrogens (tertiary/aromatic N) is 14. The van der Waals surface area contributed by atoms with Gasteiger partial charge in [-0.05, 0) is 158 Å². The Morgan fingerprint density at radius 3 is 1.01 bits per heavy atom. The Kier molecular flexibility index (Phi) is 64.1. The van der Waals surface area contributed by atoms with E-state index in [0.29, 0.717) is 16.6 Å². The van der Waals surface area contributed by atoms with E-state index >= 15 is 0 Å². The number of nitriles is 1. The molecule has 5 amide bonds. The van der Waals surface area contributed by atoms with Crippen LogP contribution in [0.25, 0.3) is 0 Å². The minimum atomic E-state index is -1.06. The van der Waals surface area contributed by atoms with Crippen molar-refractivity contribution in [1.82, 2.24) is 88.3 Å². The van der Waals surface area contributed by atoms with Crippen molar-refractivity contribution < 1.29 is 165 Å². The zero-order valence-electron chi connectivity index (χ0n) is 76.4. The number of imide groups is 1. The number of hydrazine groups is 1. The SMILES string of the molecule is CC(C)(C)OC(=O)NC(=N)c1ccc(OCCO)nn1.CC(C)(C)OC(=O)NC(=N)c1ccc(OCCON)nn1.CC(C)(C)OC(=O)NC(=N)c1ccc(OCCON2C(=O)c3ccccc3C2=O)nn1.CC(C)(C)OC(=O)OC(=O)OC(C)(C)C.Cl.N.N#Cc1ccc(F)nn1.N=C(N)c1ccc(OCCO)nn1.N=C(OCCO)c1ccc(OCCO)nn1.NN.[Na+].[O-]CCO. The van der Waals surface area contributed by atoms with E-state index in [1.54, 1.807) is 140 Å². The zero-order valence-corrected chi connectivity index (χ0v) is 79.2. The van der Waals surface area contributed by atoms with E-state index in [2.05, 4.69) is 98.4 Å². The standard InChI is InChI=1S/C20H21N5O6.C12H19N5O4.C12H18N4O4.C10H18O5.C9H13N3O4.C7H10N4O2.C5H2FN3.C2H5O2.ClH.H4N2.H3N.Na/c1-20(2,3)31-19(28)22-16(21)14-8-9-15(24-23-14)29-10-11-30-25-17(26)12-6-4-5-7-13(12)18(25)27;1-12(2,3)21-11(18)15-10(13)8-4-5-9(17-16-8)19-6-7-20-14;1-12(2,3)20-11(18)14-10(13)8-4-5-9(16-15-8)19-7-6-17;1-9(2,3)14-7(11)13-8(12)15-10(4,5)6;10-9(16-6-4-14)7-1-2-8(12-11-7)15-5-3-13;8-7(9)5-1-2-6(11-10-5)13-4-3-12;6-5-2-1-4(3-7)8-9-5;3-1-2-4;;1-2;;/h4-9H,10-11H2,1-3H3,(H2,21,22,28);4-5H,6-7,14H2,1-3H3,(H2,13,15,18);4-5,17H,6-7H2,1-3H3,(H2,13,14,18);1-6H3;1-2,10,13-14H,3-6H2;1-2,12H,3-4H2,(H3,8,9);1-2H;3H,1-2H2;1H;1-2H2;1H3;/q;;;;;;;-1;;;;+1. The molecule has 7 heterocycles. The van der Waals surface area contributed by atoms with Crippen molar-refractivity contribution in [2.75, 3.05) is 92.5 Å². The van der Waals surface area contributed by atoms with Gasteiger partial charge in [0.2, 0.25) is 41.2 Å². The van der Waals surface area contributed by atoms with Gasteiger partial charge in [0.25, 0.3) is 11.8 Å². The number of hydroxylamine groups is 2. The van der Waals surface area contributed by atoms with Crippen LogP contribution in [0.4, 0.5) is 28.4 Å². The Bertz CT molecular complexity index is 4650. The quantitative estimate of drug-likeness (QED) is 0.00315. The van der Waals surface area contributed by atoms with Gasteiger partial charge in [0.1, 0.15) is 121 Å². The molecular formula is C77H114ClFN27NaO27. The number of carbonyl (C=O) groups is 7. The minimum Gasteiger partial charge on any atom is -0.853 e. The number of aromatic nitrogens is 12. The smallest absolute Gasteiger partial charge is 0.853 e. The molecule has 1 aliphatic rings. The van der Waals surface area contributed by atoms with E-state index in [4.69, 9.17) is 132 Å². The van der Waals surface area contributed by atoms with E-state index in [1.807, 2.05) is 0 Å². The number of hydrogen-bond acceptors (Lipinski definition) is 49. The van der Waals surface area contributed by atoms with Crippen LogP contribution in [-0.4, -0.2) is 284 Å². The number of halogens is 2. The second-order valence-electron chi connectivity index (χ2n) is 29.0. The number of hydrogen-bond donors (Lipinski definition) is 18. The molecule has 54 nitrogen and oxygen atoms in total. The summed E-state index contributed by atoms with van der Waals surface area (Å²) in [4.78, 5) is 90.7. The molecule has 0 fully saturated rings. The second kappa shape index (κ2) is 67.7. The number of nitrogens with two attached hydrogens (primary N) is 4. The van der Waals surface area contributed by atoms with Crippen molar-refractivity contribution >= 4 is 84.1 Å². The molecule has 0 saturated carbocycles. The molecule has 0 bridgehead atoms. The van der Waals surface area contributed by atoms with Gasteiger partial charge in [0.05, 0.1) is 37.6 Å². The number of amides is 5. The Balaban J connectivity index is -0.000000744. The Morgan fingerprint density at radius 2 is 0.746 bits per heavy atom. The number of nitrogen functional groups attached to an aromatic ring is 1. The van der Waals surface area contributed by atoms with Gasteiger partial charge in [-0.3, -0.25) is 69.1 Å². The van der Waals surface area contributed by atoms with E-state index in [-0.39, 0.29) is 233 Å². The topological polar surface area (TPSA) is 849 Å². The van der Waals surface area contributed by atoms with Crippen LogP contribution in [0.3, 0.4) is 0 Å². The van der Waals surface area contributed by atoms with Gasteiger partial charge >= 0.3 is 60.1 Å². The van der Waals surface area contributed by atoms with Crippen LogP contribution in [-0.2, 0) is 42.8 Å². The maximum Gasteiger partial charge on any atom is 1.00 e. The summed E-state index contributed by atoms with van der Waals surface area (Å²) in [5, 5.41) is 147. The molecule has 0 unspecified atom stereocenters. The summed E-state index contributed by atoms with van der Waals surface area (Å²) in [6.07, 6.45) is -4.35. The molecule has 24 N–H and O–H groups in total. The summed E-state index contributed by atoms with van der Waals surface area (Å²) in [5.74, 6) is 11.3. The fourth-order valence-corrected chi connectivity index (χ4v) is 7.47. The number of benzene rings is 1. The van der Waals surface area contributed by atoms with Crippen molar-refractivity contribution in [1.29, 1.82) is 32.3 Å². The maximum absolute atomic E-state index is 12.2. The first-order valence-electron chi connectivity index (χ1n) is 38.1. The maximum atomic E-state index is 12.2. The predicted octanol–water partition coefficient (Wildman–Crippen LogP) is -0.353. The molecule has 1 aromatic carbocycles. The van der Waals surface area contributed by atoms with Crippen LogP contribution in [0.2, 0.25) is 0 Å². The molecule has 6 aromatic heterocycles. The third kappa shape index (κ3) is 59.8. The molecule has 7 aromatic rings. The monoisotopic (exact) mass is 1930 g/mol. The zero-order chi connectivity index (χ0) is 99.5. The Hall–Kier alpha value is -13.4. The second-order valence-corrected chi connectivity index (χ2v) is 29.0. The average Bonchev–Trinajstić information content (AvgIpc) is 1.64. The van der Waals surface area contributed by atoms with Crippen LogP contribution in [0.15, 0.2) is 97.1 Å². The number of ether oxygens (including phenoxy) is 12. The number of aliphatic hydroxyl groups is 5. The summed E-state index contributed by atoms with van der Waals surface area (Å²) in [5.41, 5.74) is 3.53. The first kappa shape index (κ1) is 127. The van der Waals surface area contributed by atoms with E-state index in [1.165, 1.54) is 60.7 Å². The van der Waals surface area contributed by atoms with Crippen LogP contribution >= 0.6 is 12.4 Å². The van der Waals surface area contributed by atoms with Gasteiger partial charge < -0.3 is 104 Å². The first-order chi connectivity index (χ1) is 61.5. The summed E-state index contributed by atoms with van der Waals surface area (Å²) in [6, 6.07) is 25.5. The van der Waals surface area contributed by atoms with E-state index < -0.39 is 76.4 Å². The molecule has 734 valence electrons. The van der Waals surface area contributed by atoms with Gasteiger partial charge in [-0.2, -0.15) is 9.65 Å². The molecular weight excluding hydrogens is 1810 g/mol. The average molecular weight is 1930 g/mol. The number of aliphatic hydroxyl groups excluding tert-OH is 5. The number of rotatable bonds is 26. The third-order valence-electron chi connectivity index (χ3n) is 12.3. The normalized spacial score (nSPS) is 10.6. The molecule has 0 aliphatic carbocycles. The number of carbonyl (C=O) groups excluding carboxylic acids is 7. The number of fused-ring (bicyclic) bond motifs is 1. The van der Waals surface area contributed by atoms with Gasteiger partial charge in [-0.1, -0.05) is 12.1 Å². The molecule has 57 heteroatoms. The molecule has 0 radical (unpaired) electrons. The fourth-order valence-electron chi connectivity index (χ4n) is 7.47. The molecule has 134 heavy (non-hydrogen) atoms. The van der Waals surface area contributed by atoms with Crippen molar-refractivity contribution in [2.45, 2.75) is 132 Å². The van der Waals surface area contributed by atoms with Gasteiger partial charge in [0.15, 0.2) is 23.2 Å². The van der Waals surface area contributed by atoms with Gasteiger partial charge in [-0.15, -0.1) is 85.3 Å². The van der Waals surface area contributed by atoms with Crippen molar-refractivity contribution in [2.24, 2.45) is 23.3 Å². The molecule has 0 atom stereocenters. The summed E-state index contributed by atoms with van der Waals surface area (Å²) in [6.45, 7) is 25.3. The number of nitrogens with one attached hydrogen (secondary N) is 8. The molecule has 8 rings (SSSR count). The molecule has 0 spiro atoms. The molecule has 0 saturated heterocycles.